The molecule has 1 unspecified atom stereocenters. The molecule has 2 fully saturated rings. The second kappa shape index (κ2) is 9.92. The fourth-order valence-corrected chi connectivity index (χ4v) is 4.00. The van der Waals surface area contributed by atoms with E-state index >= 15 is 0 Å². The standard InChI is InChI=1S/C18H26ClFN4.HI/c1-21-18(22-9-7-15-16(19)5-4-6-17(15)20)24-12-8-14(13-24)23-10-2-3-11-23;/h4-6,14H,2-3,7-13H2,1H3,(H,21,22);1H. The first-order chi connectivity index (χ1) is 11.7. The quantitative estimate of drug-likeness (QED) is 0.407. The first kappa shape index (κ1) is 20.7. The van der Waals surface area contributed by atoms with E-state index in [-0.39, 0.29) is 29.8 Å². The highest BCUT2D eigenvalue weighted by atomic mass is 127. The average molecular weight is 481 g/mol. The molecular weight excluding hydrogens is 454 g/mol. The third-order valence-corrected chi connectivity index (χ3v) is 5.41. The summed E-state index contributed by atoms with van der Waals surface area (Å²) in [4.78, 5) is 9.31. The molecule has 0 saturated carbocycles. The van der Waals surface area contributed by atoms with E-state index in [2.05, 4.69) is 20.1 Å². The van der Waals surface area contributed by atoms with Crippen LogP contribution in [0, 0.1) is 5.82 Å². The van der Waals surface area contributed by atoms with Crippen LogP contribution in [-0.4, -0.2) is 61.6 Å². The third kappa shape index (κ3) is 5.20. The molecule has 0 bridgehead atoms. The van der Waals surface area contributed by atoms with Gasteiger partial charge in [-0.05, 0) is 50.9 Å². The Balaban J connectivity index is 0.00000225. The number of aliphatic imine (C=N–C) groups is 1. The van der Waals surface area contributed by atoms with Crippen LogP contribution in [0.25, 0.3) is 0 Å². The van der Waals surface area contributed by atoms with Gasteiger partial charge in [0.15, 0.2) is 5.96 Å². The lowest BCUT2D eigenvalue weighted by molar-refractivity contribution is 0.249. The SMILES string of the molecule is CN=C(NCCc1c(F)cccc1Cl)N1CCC(N2CCCC2)C1.I. The van der Waals surface area contributed by atoms with Crippen LogP contribution in [-0.2, 0) is 6.42 Å². The number of nitrogens with zero attached hydrogens (tertiary/aromatic N) is 3. The van der Waals surface area contributed by atoms with Crippen LogP contribution < -0.4 is 5.32 Å². The van der Waals surface area contributed by atoms with Crippen molar-refractivity contribution in [3.8, 4) is 0 Å². The van der Waals surface area contributed by atoms with Gasteiger partial charge in [0.25, 0.3) is 0 Å². The molecule has 7 heteroatoms. The predicted molar refractivity (Wildman–Crippen MR) is 113 cm³/mol. The second-order valence-electron chi connectivity index (χ2n) is 6.56. The molecule has 2 saturated heterocycles. The lowest BCUT2D eigenvalue weighted by Crippen LogP contribution is -2.43. The maximum absolute atomic E-state index is 13.8. The highest BCUT2D eigenvalue weighted by molar-refractivity contribution is 14.0. The number of guanidine groups is 1. The summed E-state index contributed by atoms with van der Waals surface area (Å²) in [7, 11) is 1.81. The van der Waals surface area contributed by atoms with E-state index in [4.69, 9.17) is 11.6 Å². The highest BCUT2D eigenvalue weighted by Crippen LogP contribution is 2.21. The summed E-state index contributed by atoms with van der Waals surface area (Å²) >= 11 is 6.08. The minimum atomic E-state index is -0.241. The molecule has 1 N–H and O–H groups in total. The number of hydrogen-bond acceptors (Lipinski definition) is 2. The van der Waals surface area contributed by atoms with Crippen LogP contribution in [0.5, 0.6) is 0 Å². The summed E-state index contributed by atoms with van der Waals surface area (Å²) in [5, 5.41) is 3.85. The van der Waals surface area contributed by atoms with E-state index in [0.29, 0.717) is 29.6 Å². The maximum atomic E-state index is 13.8. The fourth-order valence-electron chi connectivity index (χ4n) is 3.74. The average Bonchev–Trinajstić information content (AvgIpc) is 3.25. The fraction of sp³-hybridized carbons (Fsp3) is 0.611. The van der Waals surface area contributed by atoms with Crippen molar-refractivity contribution in [3.63, 3.8) is 0 Å². The molecule has 0 aliphatic carbocycles. The Morgan fingerprint density at radius 2 is 2.08 bits per heavy atom. The van der Waals surface area contributed by atoms with Crippen molar-refractivity contribution in [2.45, 2.75) is 31.7 Å². The van der Waals surface area contributed by atoms with Gasteiger partial charge in [0, 0.05) is 43.3 Å². The zero-order valence-electron chi connectivity index (χ0n) is 14.7. The summed E-state index contributed by atoms with van der Waals surface area (Å²) in [5.74, 6) is 0.665. The number of rotatable bonds is 4. The summed E-state index contributed by atoms with van der Waals surface area (Å²) < 4.78 is 13.8. The molecular formula is C18H27ClFIN4. The molecule has 4 nitrogen and oxygen atoms in total. The molecule has 140 valence electrons. The minimum Gasteiger partial charge on any atom is -0.356 e. The Hall–Kier alpha value is -0.600. The molecule has 1 aromatic carbocycles. The Morgan fingerprint density at radius 3 is 2.76 bits per heavy atom. The zero-order valence-corrected chi connectivity index (χ0v) is 17.8. The molecule has 2 aliphatic heterocycles. The molecule has 0 radical (unpaired) electrons. The molecule has 1 aromatic rings. The predicted octanol–water partition coefficient (Wildman–Crippen LogP) is 3.39. The first-order valence-electron chi connectivity index (χ1n) is 8.81. The lowest BCUT2D eigenvalue weighted by atomic mass is 10.1. The van der Waals surface area contributed by atoms with Gasteiger partial charge in [-0.15, -0.1) is 24.0 Å². The van der Waals surface area contributed by atoms with Crippen LogP contribution in [0.3, 0.4) is 0 Å². The van der Waals surface area contributed by atoms with Crippen molar-refractivity contribution in [2.75, 3.05) is 39.8 Å². The number of hydrogen-bond donors (Lipinski definition) is 1. The zero-order chi connectivity index (χ0) is 16.9. The molecule has 3 rings (SSSR count). The van der Waals surface area contributed by atoms with Crippen molar-refractivity contribution < 1.29 is 4.39 Å². The van der Waals surface area contributed by atoms with Gasteiger partial charge in [-0.3, -0.25) is 9.89 Å². The van der Waals surface area contributed by atoms with Crippen LogP contribution in [0.4, 0.5) is 4.39 Å². The summed E-state index contributed by atoms with van der Waals surface area (Å²) in [6.07, 6.45) is 4.40. The number of nitrogens with one attached hydrogen (secondary N) is 1. The van der Waals surface area contributed by atoms with Gasteiger partial charge in [0.1, 0.15) is 5.82 Å². The van der Waals surface area contributed by atoms with Crippen molar-refractivity contribution >= 4 is 41.5 Å². The topological polar surface area (TPSA) is 30.9 Å². The smallest absolute Gasteiger partial charge is 0.193 e. The van der Waals surface area contributed by atoms with E-state index in [1.807, 2.05) is 7.05 Å². The summed E-state index contributed by atoms with van der Waals surface area (Å²) in [6, 6.07) is 5.47. The number of likely N-dealkylation sites (tertiary alicyclic amines) is 2. The molecule has 0 amide bonds. The maximum Gasteiger partial charge on any atom is 0.193 e. The first-order valence-corrected chi connectivity index (χ1v) is 9.19. The largest absolute Gasteiger partial charge is 0.356 e. The van der Waals surface area contributed by atoms with Crippen molar-refractivity contribution in [3.05, 3.63) is 34.6 Å². The van der Waals surface area contributed by atoms with Gasteiger partial charge in [0.05, 0.1) is 0 Å². The number of halogens is 3. The van der Waals surface area contributed by atoms with Gasteiger partial charge >= 0.3 is 0 Å². The molecule has 0 aromatic heterocycles. The highest BCUT2D eigenvalue weighted by Gasteiger charge is 2.30. The molecule has 2 heterocycles. The van der Waals surface area contributed by atoms with Gasteiger partial charge < -0.3 is 10.2 Å². The van der Waals surface area contributed by atoms with Crippen LogP contribution in [0.1, 0.15) is 24.8 Å². The Kier molecular flexibility index (Phi) is 8.22. The van der Waals surface area contributed by atoms with Crippen LogP contribution >= 0.6 is 35.6 Å². The monoisotopic (exact) mass is 480 g/mol. The molecule has 25 heavy (non-hydrogen) atoms. The van der Waals surface area contributed by atoms with Gasteiger partial charge in [0.2, 0.25) is 0 Å². The van der Waals surface area contributed by atoms with E-state index in [0.717, 1.165) is 19.0 Å². The van der Waals surface area contributed by atoms with Crippen LogP contribution in [0.2, 0.25) is 5.02 Å². The van der Waals surface area contributed by atoms with Crippen molar-refractivity contribution in [2.24, 2.45) is 4.99 Å². The van der Waals surface area contributed by atoms with Gasteiger partial charge in [-0.1, -0.05) is 17.7 Å². The van der Waals surface area contributed by atoms with E-state index in [1.165, 1.54) is 38.4 Å². The lowest BCUT2D eigenvalue weighted by Gasteiger charge is -2.25. The van der Waals surface area contributed by atoms with Gasteiger partial charge in [-0.2, -0.15) is 0 Å². The molecule has 2 aliphatic rings. The van der Waals surface area contributed by atoms with E-state index in [1.54, 1.807) is 12.1 Å². The Labute approximate surface area is 171 Å². The molecule has 0 spiro atoms. The molecule has 1 atom stereocenters. The second-order valence-corrected chi connectivity index (χ2v) is 6.96. The third-order valence-electron chi connectivity index (χ3n) is 5.05. The van der Waals surface area contributed by atoms with E-state index in [9.17, 15) is 4.39 Å². The Morgan fingerprint density at radius 1 is 1.32 bits per heavy atom. The van der Waals surface area contributed by atoms with E-state index < -0.39 is 0 Å². The normalized spacial score (nSPS) is 21.5. The van der Waals surface area contributed by atoms with Crippen molar-refractivity contribution in [1.29, 1.82) is 0 Å². The van der Waals surface area contributed by atoms with Crippen LogP contribution in [0.15, 0.2) is 23.2 Å². The van der Waals surface area contributed by atoms with Crippen molar-refractivity contribution in [1.82, 2.24) is 15.1 Å². The van der Waals surface area contributed by atoms with Gasteiger partial charge in [-0.25, -0.2) is 4.39 Å². The number of benzene rings is 1. The summed E-state index contributed by atoms with van der Waals surface area (Å²) in [6.45, 7) is 5.15. The minimum absolute atomic E-state index is 0. The Bertz CT molecular complexity index is 572. The summed E-state index contributed by atoms with van der Waals surface area (Å²) in [5.41, 5.74) is 0.568.